The second-order valence-corrected chi connectivity index (χ2v) is 5.49. The largest absolute Gasteiger partial charge is 0.330 e. The highest BCUT2D eigenvalue weighted by Gasteiger charge is 2.22. The molecular weight excluding hydrogens is 235 g/mol. The fraction of sp³-hybridized carbons (Fsp3) is 0.308. The van der Waals surface area contributed by atoms with Crippen molar-refractivity contribution >= 4 is 11.3 Å². The quantitative estimate of drug-likeness (QED) is 0.908. The fourth-order valence-electron chi connectivity index (χ4n) is 1.41. The van der Waals surface area contributed by atoms with Gasteiger partial charge in [-0.25, -0.2) is 9.37 Å². The molecule has 0 unspecified atom stereocenters. The normalized spacial score (nSPS) is 11.8. The number of aromatic nitrogens is 1. The Morgan fingerprint density at radius 3 is 2.53 bits per heavy atom. The van der Waals surface area contributed by atoms with E-state index in [9.17, 15) is 4.39 Å². The Balaban J connectivity index is 2.33. The number of nitrogens with two attached hydrogens (primary N) is 1. The Morgan fingerprint density at radius 1 is 1.29 bits per heavy atom. The van der Waals surface area contributed by atoms with Gasteiger partial charge in [-0.3, -0.25) is 0 Å². The Kier molecular flexibility index (Phi) is 3.26. The third-order valence-corrected chi connectivity index (χ3v) is 3.69. The van der Waals surface area contributed by atoms with Crippen LogP contribution in [0.25, 0.3) is 10.6 Å². The molecule has 0 spiro atoms. The number of nitrogens with zero attached hydrogens (tertiary/aromatic N) is 1. The number of hydrogen-bond donors (Lipinski definition) is 1. The summed E-state index contributed by atoms with van der Waals surface area (Å²) in [6.07, 6.45) is 0. The maximum Gasteiger partial charge on any atom is 0.123 e. The van der Waals surface area contributed by atoms with E-state index in [1.165, 1.54) is 12.1 Å². The summed E-state index contributed by atoms with van der Waals surface area (Å²) in [6.45, 7) is 4.69. The highest BCUT2D eigenvalue weighted by molar-refractivity contribution is 7.13. The molecule has 0 atom stereocenters. The molecule has 2 aromatic rings. The van der Waals surface area contributed by atoms with Gasteiger partial charge in [-0.15, -0.1) is 11.3 Å². The zero-order valence-corrected chi connectivity index (χ0v) is 10.7. The molecule has 2 nitrogen and oxygen atoms in total. The van der Waals surface area contributed by atoms with Crippen LogP contribution in [0.2, 0.25) is 0 Å². The molecule has 1 aromatic heterocycles. The van der Waals surface area contributed by atoms with Crippen molar-refractivity contribution in [3.8, 4) is 10.6 Å². The number of benzene rings is 1. The van der Waals surface area contributed by atoms with Crippen LogP contribution in [0.15, 0.2) is 29.6 Å². The molecule has 1 heterocycles. The minimum atomic E-state index is -0.229. The fourth-order valence-corrected chi connectivity index (χ4v) is 2.43. The topological polar surface area (TPSA) is 38.9 Å². The van der Waals surface area contributed by atoms with Crippen molar-refractivity contribution in [2.45, 2.75) is 19.3 Å². The number of hydrogen-bond acceptors (Lipinski definition) is 3. The third kappa shape index (κ3) is 2.53. The van der Waals surface area contributed by atoms with Crippen LogP contribution in [-0.4, -0.2) is 11.5 Å². The predicted octanol–water partition coefficient (Wildman–Crippen LogP) is 3.19. The van der Waals surface area contributed by atoms with Crippen molar-refractivity contribution in [2.75, 3.05) is 6.54 Å². The van der Waals surface area contributed by atoms with Gasteiger partial charge in [0.2, 0.25) is 0 Å². The standard InChI is InChI=1S/C13H15FN2S/c1-13(2,8-15)11-7-17-12(16-11)9-3-5-10(14)6-4-9/h3-7H,8,15H2,1-2H3. The molecule has 1 aromatic carbocycles. The molecule has 90 valence electrons. The van der Waals surface area contributed by atoms with Gasteiger partial charge in [0.25, 0.3) is 0 Å². The molecule has 17 heavy (non-hydrogen) atoms. The van der Waals surface area contributed by atoms with Crippen molar-refractivity contribution in [1.29, 1.82) is 0 Å². The number of rotatable bonds is 3. The first-order valence-electron chi connectivity index (χ1n) is 5.45. The lowest BCUT2D eigenvalue weighted by atomic mass is 9.90. The Bertz CT molecular complexity index is 502. The average molecular weight is 250 g/mol. The summed E-state index contributed by atoms with van der Waals surface area (Å²) >= 11 is 1.56. The molecule has 0 bridgehead atoms. The SMILES string of the molecule is CC(C)(CN)c1csc(-c2ccc(F)cc2)n1. The first kappa shape index (κ1) is 12.2. The molecule has 2 rings (SSSR count). The number of halogens is 1. The van der Waals surface area contributed by atoms with Crippen molar-refractivity contribution < 1.29 is 4.39 Å². The van der Waals surface area contributed by atoms with Crippen LogP contribution in [0.4, 0.5) is 4.39 Å². The Morgan fingerprint density at radius 2 is 1.94 bits per heavy atom. The van der Waals surface area contributed by atoms with Gasteiger partial charge in [0.1, 0.15) is 10.8 Å². The van der Waals surface area contributed by atoms with Crippen molar-refractivity contribution in [2.24, 2.45) is 5.73 Å². The molecule has 2 N–H and O–H groups in total. The molecule has 0 saturated heterocycles. The summed E-state index contributed by atoms with van der Waals surface area (Å²) in [5.41, 5.74) is 7.54. The molecule has 0 radical (unpaired) electrons. The lowest BCUT2D eigenvalue weighted by Gasteiger charge is -2.19. The summed E-state index contributed by atoms with van der Waals surface area (Å²) in [5.74, 6) is -0.229. The van der Waals surface area contributed by atoms with E-state index in [2.05, 4.69) is 18.8 Å². The van der Waals surface area contributed by atoms with Crippen LogP contribution >= 0.6 is 11.3 Å². The van der Waals surface area contributed by atoms with Crippen LogP contribution < -0.4 is 5.73 Å². The minimum absolute atomic E-state index is 0.116. The van der Waals surface area contributed by atoms with Crippen LogP contribution in [-0.2, 0) is 5.41 Å². The highest BCUT2D eigenvalue weighted by atomic mass is 32.1. The van der Waals surface area contributed by atoms with Crippen LogP contribution in [0.3, 0.4) is 0 Å². The predicted molar refractivity (Wildman–Crippen MR) is 69.6 cm³/mol. The van der Waals surface area contributed by atoms with Gasteiger partial charge >= 0.3 is 0 Å². The van der Waals surface area contributed by atoms with E-state index in [4.69, 9.17) is 5.73 Å². The lowest BCUT2D eigenvalue weighted by Crippen LogP contribution is -2.28. The van der Waals surface area contributed by atoms with E-state index in [0.29, 0.717) is 6.54 Å². The molecule has 0 aliphatic heterocycles. The van der Waals surface area contributed by atoms with Gasteiger partial charge in [0.05, 0.1) is 5.69 Å². The van der Waals surface area contributed by atoms with E-state index < -0.39 is 0 Å². The minimum Gasteiger partial charge on any atom is -0.330 e. The van der Waals surface area contributed by atoms with Crippen LogP contribution in [0.5, 0.6) is 0 Å². The maximum atomic E-state index is 12.8. The first-order valence-corrected chi connectivity index (χ1v) is 6.33. The molecule has 0 saturated carbocycles. The van der Waals surface area contributed by atoms with Crippen molar-refractivity contribution in [3.05, 3.63) is 41.2 Å². The molecular formula is C13H15FN2S. The van der Waals surface area contributed by atoms with E-state index in [1.807, 2.05) is 5.38 Å². The van der Waals surface area contributed by atoms with Gasteiger partial charge in [-0.1, -0.05) is 13.8 Å². The Hall–Kier alpha value is -1.26. The summed E-state index contributed by atoms with van der Waals surface area (Å²) in [4.78, 5) is 4.57. The van der Waals surface area contributed by atoms with Gasteiger partial charge < -0.3 is 5.73 Å². The zero-order valence-electron chi connectivity index (χ0n) is 9.90. The highest BCUT2D eigenvalue weighted by Crippen LogP contribution is 2.29. The van der Waals surface area contributed by atoms with Gasteiger partial charge in [-0.05, 0) is 24.3 Å². The zero-order chi connectivity index (χ0) is 12.5. The van der Waals surface area contributed by atoms with Crippen LogP contribution in [0.1, 0.15) is 19.5 Å². The van der Waals surface area contributed by atoms with E-state index in [0.717, 1.165) is 16.3 Å². The smallest absolute Gasteiger partial charge is 0.123 e. The number of thiazole rings is 1. The summed E-state index contributed by atoms with van der Waals surface area (Å²) < 4.78 is 12.8. The maximum absolute atomic E-state index is 12.8. The second kappa shape index (κ2) is 4.55. The van der Waals surface area contributed by atoms with Gasteiger partial charge in [-0.2, -0.15) is 0 Å². The van der Waals surface area contributed by atoms with Gasteiger partial charge in [0, 0.05) is 22.9 Å². The molecule has 0 amide bonds. The summed E-state index contributed by atoms with van der Waals surface area (Å²) in [7, 11) is 0. The molecule has 0 fully saturated rings. The molecule has 0 aliphatic rings. The van der Waals surface area contributed by atoms with E-state index >= 15 is 0 Å². The van der Waals surface area contributed by atoms with E-state index in [1.54, 1.807) is 23.5 Å². The average Bonchev–Trinajstić information content (AvgIpc) is 2.80. The summed E-state index contributed by atoms with van der Waals surface area (Å²) in [6, 6.07) is 6.38. The summed E-state index contributed by atoms with van der Waals surface area (Å²) in [5, 5.41) is 2.92. The third-order valence-electron chi connectivity index (χ3n) is 2.80. The monoisotopic (exact) mass is 250 g/mol. The second-order valence-electron chi connectivity index (χ2n) is 4.63. The Labute approximate surface area is 104 Å². The molecule has 4 heteroatoms. The van der Waals surface area contributed by atoms with E-state index in [-0.39, 0.29) is 11.2 Å². The first-order chi connectivity index (χ1) is 8.03. The van der Waals surface area contributed by atoms with Crippen LogP contribution in [0, 0.1) is 5.82 Å². The van der Waals surface area contributed by atoms with Crippen molar-refractivity contribution in [3.63, 3.8) is 0 Å². The van der Waals surface area contributed by atoms with Gasteiger partial charge in [0.15, 0.2) is 0 Å². The molecule has 0 aliphatic carbocycles. The lowest BCUT2D eigenvalue weighted by molar-refractivity contribution is 0.525. The van der Waals surface area contributed by atoms with Crippen molar-refractivity contribution in [1.82, 2.24) is 4.98 Å².